The van der Waals surface area contributed by atoms with E-state index in [9.17, 15) is 4.79 Å². The van der Waals surface area contributed by atoms with E-state index in [1.165, 1.54) is 0 Å². The summed E-state index contributed by atoms with van der Waals surface area (Å²) in [6.07, 6.45) is 1.69. The smallest absolute Gasteiger partial charge is 0.251 e. The lowest BCUT2D eigenvalue weighted by Crippen LogP contribution is -2.24. The molecule has 0 spiro atoms. The zero-order valence-corrected chi connectivity index (χ0v) is 11.3. The number of hydrogen-bond acceptors (Lipinski definition) is 3. The Morgan fingerprint density at radius 3 is 2.79 bits per heavy atom. The maximum Gasteiger partial charge on any atom is 0.251 e. The predicted molar refractivity (Wildman–Crippen MR) is 76.7 cm³/mol. The summed E-state index contributed by atoms with van der Waals surface area (Å²) in [7, 11) is 1.83. The Hall–Kier alpha value is -2.21. The van der Waals surface area contributed by atoms with Gasteiger partial charge in [-0.1, -0.05) is 24.4 Å². The summed E-state index contributed by atoms with van der Waals surface area (Å²) in [5, 5.41) is 6.86. The number of rotatable bonds is 4. The highest BCUT2D eigenvalue weighted by molar-refractivity contribution is 7.80. The van der Waals surface area contributed by atoms with Gasteiger partial charge in [0, 0.05) is 24.4 Å². The number of nitrogens with one attached hydrogen (secondary N) is 1. The minimum absolute atomic E-state index is 0.167. The van der Waals surface area contributed by atoms with Crippen molar-refractivity contribution in [2.45, 2.75) is 6.54 Å². The molecule has 0 aliphatic carbocycles. The van der Waals surface area contributed by atoms with Gasteiger partial charge in [0.25, 0.3) is 5.91 Å². The maximum absolute atomic E-state index is 12.0. The van der Waals surface area contributed by atoms with Crippen LogP contribution in [0.4, 0.5) is 0 Å². The number of hydrogen-bond donors (Lipinski definition) is 2. The molecule has 5 nitrogen and oxygen atoms in total. The largest absolute Gasteiger partial charge is 0.389 e. The van der Waals surface area contributed by atoms with Gasteiger partial charge in [0.15, 0.2) is 0 Å². The quantitative estimate of drug-likeness (QED) is 0.815. The highest BCUT2D eigenvalue weighted by Crippen LogP contribution is 2.06. The van der Waals surface area contributed by atoms with Crippen LogP contribution in [0.15, 0.2) is 36.5 Å². The molecule has 1 amide bonds. The fourth-order valence-electron chi connectivity index (χ4n) is 1.66. The normalized spacial score (nSPS) is 10.2. The van der Waals surface area contributed by atoms with Crippen molar-refractivity contribution in [3.05, 3.63) is 53.3 Å². The molecule has 98 valence electrons. The Labute approximate surface area is 116 Å². The molecule has 1 aromatic heterocycles. The Morgan fingerprint density at radius 1 is 1.42 bits per heavy atom. The van der Waals surface area contributed by atoms with Crippen LogP contribution < -0.4 is 11.1 Å². The van der Waals surface area contributed by atoms with Crippen LogP contribution in [0.2, 0.25) is 0 Å². The van der Waals surface area contributed by atoms with E-state index in [2.05, 4.69) is 10.4 Å². The highest BCUT2D eigenvalue weighted by Gasteiger charge is 2.08. The summed E-state index contributed by atoms with van der Waals surface area (Å²) in [5.74, 6) is -0.167. The highest BCUT2D eigenvalue weighted by atomic mass is 32.1. The van der Waals surface area contributed by atoms with E-state index in [4.69, 9.17) is 18.0 Å². The first-order chi connectivity index (χ1) is 9.08. The number of carbonyl (C=O) groups excluding carboxylic acids is 1. The van der Waals surface area contributed by atoms with E-state index < -0.39 is 0 Å². The predicted octanol–water partition coefficient (Wildman–Crippen LogP) is 0.984. The van der Waals surface area contributed by atoms with Crippen molar-refractivity contribution in [3.8, 4) is 0 Å². The lowest BCUT2D eigenvalue weighted by atomic mass is 10.1. The van der Waals surface area contributed by atoms with Gasteiger partial charge in [0.2, 0.25) is 0 Å². The van der Waals surface area contributed by atoms with E-state index in [-0.39, 0.29) is 10.9 Å². The van der Waals surface area contributed by atoms with Crippen molar-refractivity contribution >= 4 is 23.1 Å². The molecule has 0 aliphatic heterocycles. The first-order valence-corrected chi connectivity index (χ1v) is 6.13. The molecule has 0 bridgehead atoms. The number of thiocarbonyl (C=S) groups is 1. The standard InChI is InChI=1S/C13H14N4OS/c1-17-11(5-6-16-17)8-15-13(18)10-4-2-3-9(7-10)12(14)19/h2-7H,8H2,1H3,(H2,14,19)(H,15,18). The molecule has 1 aromatic carbocycles. The van der Waals surface area contributed by atoms with Gasteiger partial charge in [-0.2, -0.15) is 5.10 Å². The lowest BCUT2D eigenvalue weighted by molar-refractivity contribution is 0.0950. The zero-order chi connectivity index (χ0) is 13.8. The first kappa shape index (κ1) is 13.2. The molecule has 3 N–H and O–H groups in total. The Bertz CT molecular complexity index is 621. The van der Waals surface area contributed by atoms with Gasteiger partial charge in [-0.15, -0.1) is 0 Å². The van der Waals surface area contributed by atoms with Crippen LogP contribution in [0.3, 0.4) is 0 Å². The second kappa shape index (κ2) is 5.62. The summed E-state index contributed by atoms with van der Waals surface area (Å²) in [6.45, 7) is 0.423. The van der Waals surface area contributed by atoms with Gasteiger partial charge >= 0.3 is 0 Å². The molecular formula is C13H14N4OS. The average molecular weight is 274 g/mol. The van der Waals surface area contributed by atoms with Crippen molar-refractivity contribution in [3.63, 3.8) is 0 Å². The first-order valence-electron chi connectivity index (χ1n) is 5.73. The minimum Gasteiger partial charge on any atom is -0.389 e. The molecule has 0 saturated heterocycles. The SMILES string of the molecule is Cn1nccc1CNC(=O)c1cccc(C(N)=S)c1. The average Bonchev–Trinajstić information content (AvgIpc) is 2.81. The maximum atomic E-state index is 12.0. The molecule has 19 heavy (non-hydrogen) atoms. The number of amides is 1. The van der Waals surface area contributed by atoms with Gasteiger partial charge < -0.3 is 11.1 Å². The van der Waals surface area contributed by atoms with Crippen LogP contribution in [-0.4, -0.2) is 20.7 Å². The van der Waals surface area contributed by atoms with Crippen LogP contribution in [0, 0.1) is 0 Å². The third-order valence-electron chi connectivity index (χ3n) is 2.76. The number of carbonyl (C=O) groups is 1. The van der Waals surface area contributed by atoms with Crippen molar-refractivity contribution in [2.24, 2.45) is 12.8 Å². The topological polar surface area (TPSA) is 72.9 Å². The number of aromatic nitrogens is 2. The molecule has 0 atom stereocenters. The fourth-order valence-corrected chi connectivity index (χ4v) is 1.79. The third kappa shape index (κ3) is 3.17. The molecular weight excluding hydrogens is 260 g/mol. The molecule has 6 heteroatoms. The minimum atomic E-state index is -0.167. The molecule has 0 aliphatic rings. The number of nitrogens with two attached hydrogens (primary N) is 1. The van der Waals surface area contributed by atoms with Crippen molar-refractivity contribution in [1.82, 2.24) is 15.1 Å². The molecule has 2 aromatic rings. The molecule has 0 fully saturated rings. The van der Waals surface area contributed by atoms with Crippen LogP contribution in [-0.2, 0) is 13.6 Å². The third-order valence-corrected chi connectivity index (χ3v) is 3.00. The van der Waals surface area contributed by atoms with Crippen LogP contribution in [0.1, 0.15) is 21.6 Å². The fraction of sp³-hybridized carbons (Fsp3) is 0.154. The summed E-state index contributed by atoms with van der Waals surface area (Å²) in [5.41, 5.74) is 7.69. The second-order valence-corrected chi connectivity index (χ2v) is 4.51. The van der Waals surface area contributed by atoms with E-state index in [1.54, 1.807) is 35.1 Å². The number of benzene rings is 1. The van der Waals surface area contributed by atoms with E-state index >= 15 is 0 Å². The molecule has 0 unspecified atom stereocenters. The van der Waals surface area contributed by atoms with Gasteiger partial charge in [-0.25, -0.2) is 0 Å². The van der Waals surface area contributed by atoms with Crippen LogP contribution >= 0.6 is 12.2 Å². The van der Waals surface area contributed by atoms with Gasteiger partial charge in [0.05, 0.1) is 12.2 Å². The number of aryl methyl sites for hydroxylation is 1. The summed E-state index contributed by atoms with van der Waals surface area (Å²) in [4.78, 5) is 12.3. The Morgan fingerprint density at radius 2 is 2.16 bits per heavy atom. The van der Waals surface area contributed by atoms with Crippen LogP contribution in [0.5, 0.6) is 0 Å². The van der Waals surface area contributed by atoms with Gasteiger partial charge in [-0.05, 0) is 18.2 Å². The monoisotopic (exact) mass is 274 g/mol. The Balaban J connectivity index is 2.06. The lowest BCUT2D eigenvalue weighted by Gasteiger charge is -2.07. The van der Waals surface area contributed by atoms with Crippen molar-refractivity contribution in [2.75, 3.05) is 0 Å². The van der Waals surface area contributed by atoms with Gasteiger partial charge in [0.1, 0.15) is 4.99 Å². The van der Waals surface area contributed by atoms with Crippen LogP contribution in [0.25, 0.3) is 0 Å². The van der Waals surface area contributed by atoms with E-state index in [0.29, 0.717) is 17.7 Å². The van der Waals surface area contributed by atoms with E-state index in [0.717, 1.165) is 5.69 Å². The molecule has 1 heterocycles. The number of nitrogens with zero attached hydrogens (tertiary/aromatic N) is 2. The van der Waals surface area contributed by atoms with Gasteiger partial charge in [-0.3, -0.25) is 9.48 Å². The molecule has 2 rings (SSSR count). The summed E-state index contributed by atoms with van der Waals surface area (Å²) < 4.78 is 1.71. The summed E-state index contributed by atoms with van der Waals surface area (Å²) >= 11 is 4.89. The summed E-state index contributed by atoms with van der Waals surface area (Å²) in [6, 6.07) is 8.79. The van der Waals surface area contributed by atoms with Crippen molar-refractivity contribution in [1.29, 1.82) is 0 Å². The zero-order valence-electron chi connectivity index (χ0n) is 10.5. The van der Waals surface area contributed by atoms with E-state index in [1.807, 2.05) is 13.1 Å². The molecule has 0 radical (unpaired) electrons. The second-order valence-electron chi connectivity index (χ2n) is 4.07. The molecule has 0 saturated carbocycles. The van der Waals surface area contributed by atoms with Crippen molar-refractivity contribution < 1.29 is 4.79 Å². The Kier molecular flexibility index (Phi) is 3.91.